The highest BCUT2D eigenvalue weighted by Gasteiger charge is 2.21. The van der Waals surface area contributed by atoms with Crippen LogP contribution in [0.3, 0.4) is 0 Å². The normalized spacial score (nSPS) is 12.5. The van der Waals surface area contributed by atoms with Crippen molar-refractivity contribution >= 4 is 21.6 Å². The highest BCUT2D eigenvalue weighted by molar-refractivity contribution is 9.10. The van der Waals surface area contributed by atoms with Crippen LogP contribution < -0.4 is 5.73 Å². The molecule has 0 radical (unpaired) electrons. The van der Waals surface area contributed by atoms with Crippen molar-refractivity contribution in [3.63, 3.8) is 0 Å². The molecule has 19 heavy (non-hydrogen) atoms. The molecular formula is C14H12BrF2NO. The van der Waals surface area contributed by atoms with Crippen LogP contribution >= 0.6 is 15.9 Å². The molecule has 0 spiro atoms. The summed E-state index contributed by atoms with van der Waals surface area (Å²) in [6.45, 7) is 1.46. The van der Waals surface area contributed by atoms with Crippen LogP contribution in [0.1, 0.15) is 22.8 Å². The number of anilines is 1. The van der Waals surface area contributed by atoms with Crippen molar-refractivity contribution in [2.24, 2.45) is 0 Å². The minimum absolute atomic E-state index is 0.132. The van der Waals surface area contributed by atoms with Crippen molar-refractivity contribution in [2.75, 3.05) is 5.73 Å². The maximum atomic E-state index is 13.8. The van der Waals surface area contributed by atoms with E-state index < -0.39 is 17.7 Å². The van der Waals surface area contributed by atoms with E-state index in [9.17, 15) is 13.9 Å². The summed E-state index contributed by atoms with van der Waals surface area (Å²) in [5.74, 6) is -2.00. The smallest absolute Gasteiger partial charge is 0.165 e. The lowest BCUT2D eigenvalue weighted by atomic mass is 9.98. The first kappa shape index (κ1) is 14.0. The molecule has 0 saturated carbocycles. The monoisotopic (exact) mass is 327 g/mol. The number of aliphatic hydroxyl groups is 1. The standard InChI is InChI=1S/C14H12BrF2NO/c1-7-2-4-9(13(17)12(7)16)14(19)10-6-8(15)3-5-11(10)18/h2-6,14,19H,18H2,1H3. The van der Waals surface area contributed by atoms with Gasteiger partial charge in [0.1, 0.15) is 6.10 Å². The van der Waals surface area contributed by atoms with Crippen molar-refractivity contribution in [3.8, 4) is 0 Å². The van der Waals surface area contributed by atoms with Gasteiger partial charge >= 0.3 is 0 Å². The lowest BCUT2D eigenvalue weighted by Crippen LogP contribution is -2.08. The van der Waals surface area contributed by atoms with Crippen LogP contribution in [0.15, 0.2) is 34.8 Å². The van der Waals surface area contributed by atoms with Gasteiger partial charge in [0.25, 0.3) is 0 Å². The summed E-state index contributed by atoms with van der Waals surface area (Å²) in [6, 6.07) is 7.66. The minimum atomic E-state index is -1.31. The fourth-order valence-electron chi connectivity index (χ4n) is 1.82. The van der Waals surface area contributed by atoms with Gasteiger partial charge in [-0.25, -0.2) is 8.78 Å². The van der Waals surface area contributed by atoms with Crippen LogP contribution in [0.25, 0.3) is 0 Å². The van der Waals surface area contributed by atoms with E-state index in [-0.39, 0.29) is 11.1 Å². The maximum Gasteiger partial charge on any atom is 0.165 e. The Kier molecular flexibility index (Phi) is 3.87. The molecule has 100 valence electrons. The highest BCUT2D eigenvalue weighted by Crippen LogP contribution is 2.31. The summed E-state index contributed by atoms with van der Waals surface area (Å²) in [5, 5.41) is 10.2. The van der Waals surface area contributed by atoms with E-state index in [1.54, 1.807) is 18.2 Å². The molecule has 0 fully saturated rings. The second-order valence-electron chi connectivity index (χ2n) is 4.28. The third-order valence-corrected chi connectivity index (χ3v) is 3.44. The van der Waals surface area contributed by atoms with Gasteiger partial charge in [-0.1, -0.05) is 28.1 Å². The fraction of sp³-hybridized carbons (Fsp3) is 0.143. The Hall–Kier alpha value is -1.46. The van der Waals surface area contributed by atoms with Crippen molar-refractivity contribution in [1.82, 2.24) is 0 Å². The Morgan fingerprint density at radius 1 is 1.11 bits per heavy atom. The number of aryl methyl sites for hydroxylation is 1. The van der Waals surface area contributed by atoms with Crippen molar-refractivity contribution in [2.45, 2.75) is 13.0 Å². The molecule has 2 nitrogen and oxygen atoms in total. The zero-order valence-corrected chi connectivity index (χ0v) is 11.7. The summed E-state index contributed by atoms with van der Waals surface area (Å²) in [4.78, 5) is 0. The van der Waals surface area contributed by atoms with Gasteiger partial charge < -0.3 is 10.8 Å². The van der Waals surface area contributed by atoms with E-state index in [2.05, 4.69) is 15.9 Å². The molecule has 1 unspecified atom stereocenters. The van der Waals surface area contributed by atoms with Gasteiger partial charge in [-0.05, 0) is 30.7 Å². The van der Waals surface area contributed by atoms with Crippen molar-refractivity contribution < 1.29 is 13.9 Å². The van der Waals surface area contributed by atoms with Gasteiger partial charge in [0, 0.05) is 21.3 Å². The third kappa shape index (κ3) is 2.62. The number of hydrogen-bond donors (Lipinski definition) is 2. The summed E-state index contributed by atoms with van der Waals surface area (Å²) in [7, 11) is 0. The second kappa shape index (κ2) is 5.27. The Morgan fingerprint density at radius 2 is 1.79 bits per heavy atom. The first-order valence-electron chi connectivity index (χ1n) is 5.59. The molecule has 0 heterocycles. The van der Waals surface area contributed by atoms with Crippen LogP contribution in [-0.4, -0.2) is 5.11 Å². The van der Waals surface area contributed by atoms with Crippen molar-refractivity contribution in [1.29, 1.82) is 0 Å². The van der Waals surface area contributed by atoms with Crippen LogP contribution in [0.2, 0.25) is 0 Å². The molecule has 3 N–H and O–H groups in total. The highest BCUT2D eigenvalue weighted by atomic mass is 79.9. The topological polar surface area (TPSA) is 46.2 Å². The SMILES string of the molecule is Cc1ccc(C(O)c2cc(Br)ccc2N)c(F)c1F. The number of rotatable bonds is 2. The number of hydrogen-bond acceptors (Lipinski definition) is 2. The summed E-state index contributed by atoms with van der Waals surface area (Å²) in [5.41, 5.74) is 6.45. The molecule has 0 aliphatic heterocycles. The molecule has 2 aromatic rings. The van der Waals surface area contributed by atoms with Gasteiger partial charge in [0.05, 0.1) is 0 Å². The van der Waals surface area contributed by atoms with Crippen LogP contribution in [-0.2, 0) is 0 Å². The first-order valence-corrected chi connectivity index (χ1v) is 6.38. The molecule has 0 amide bonds. The first-order chi connectivity index (χ1) is 8.91. The molecule has 2 aromatic carbocycles. The van der Waals surface area contributed by atoms with E-state index in [0.29, 0.717) is 15.7 Å². The molecule has 0 bridgehead atoms. The van der Waals surface area contributed by atoms with Gasteiger partial charge in [-0.15, -0.1) is 0 Å². The minimum Gasteiger partial charge on any atom is -0.398 e. The molecule has 0 aromatic heterocycles. The zero-order valence-electron chi connectivity index (χ0n) is 10.1. The van der Waals surface area contributed by atoms with Crippen LogP contribution in [0.5, 0.6) is 0 Å². The fourth-order valence-corrected chi connectivity index (χ4v) is 2.20. The van der Waals surface area contributed by atoms with E-state index in [4.69, 9.17) is 5.73 Å². The number of nitrogens with two attached hydrogens (primary N) is 1. The zero-order chi connectivity index (χ0) is 14.2. The predicted octanol–water partition coefficient (Wildman–Crippen LogP) is 3.70. The second-order valence-corrected chi connectivity index (χ2v) is 5.19. The lowest BCUT2D eigenvalue weighted by molar-refractivity contribution is 0.214. The van der Waals surface area contributed by atoms with E-state index in [1.807, 2.05) is 0 Å². The molecule has 0 saturated heterocycles. The number of nitrogen functional groups attached to an aromatic ring is 1. The third-order valence-electron chi connectivity index (χ3n) is 2.94. The Bertz CT molecular complexity index is 631. The molecule has 2 rings (SSSR count). The lowest BCUT2D eigenvalue weighted by Gasteiger charge is -2.16. The number of benzene rings is 2. The van der Waals surface area contributed by atoms with Gasteiger partial charge in [0.15, 0.2) is 11.6 Å². The molecule has 5 heteroatoms. The molecule has 0 aliphatic rings. The largest absolute Gasteiger partial charge is 0.398 e. The quantitative estimate of drug-likeness (QED) is 0.826. The van der Waals surface area contributed by atoms with E-state index in [1.165, 1.54) is 19.1 Å². The molecule has 0 aliphatic carbocycles. The van der Waals surface area contributed by atoms with Crippen molar-refractivity contribution in [3.05, 3.63) is 63.1 Å². The summed E-state index contributed by atoms with van der Waals surface area (Å²) < 4.78 is 28.1. The average Bonchev–Trinajstić information content (AvgIpc) is 2.38. The van der Waals surface area contributed by atoms with Crippen LogP contribution in [0.4, 0.5) is 14.5 Å². The number of aliphatic hydroxyl groups excluding tert-OH is 1. The Labute approximate surface area is 118 Å². The number of halogens is 3. The molecule has 1 atom stereocenters. The molecular weight excluding hydrogens is 316 g/mol. The Balaban J connectivity index is 2.53. The van der Waals surface area contributed by atoms with Gasteiger partial charge in [-0.3, -0.25) is 0 Å². The van der Waals surface area contributed by atoms with E-state index >= 15 is 0 Å². The van der Waals surface area contributed by atoms with E-state index in [0.717, 1.165) is 0 Å². The van der Waals surface area contributed by atoms with Gasteiger partial charge in [-0.2, -0.15) is 0 Å². The maximum absolute atomic E-state index is 13.8. The van der Waals surface area contributed by atoms with Gasteiger partial charge in [0.2, 0.25) is 0 Å². The summed E-state index contributed by atoms with van der Waals surface area (Å²) in [6.07, 6.45) is -1.31. The predicted molar refractivity (Wildman–Crippen MR) is 73.7 cm³/mol. The summed E-state index contributed by atoms with van der Waals surface area (Å²) >= 11 is 3.25. The average molecular weight is 328 g/mol. The Morgan fingerprint density at radius 3 is 2.47 bits per heavy atom. The van der Waals surface area contributed by atoms with Crippen LogP contribution in [0, 0.1) is 18.6 Å².